The first-order chi connectivity index (χ1) is 10.6. The summed E-state index contributed by atoms with van der Waals surface area (Å²) in [6.45, 7) is 1.08. The number of carbonyl (C=O) groups excluding carboxylic acids is 1. The second kappa shape index (κ2) is 8.39. The Hall–Kier alpha value is -2.07. The van der Waals surface area contributed by atoms with Crippen molar-refractivity contribution in [3.8, 4) is 5.75 Å². The fourth-order valence-corrected chi connectivity index (χ4v) is 2.11. The van der Waals surface area contributed by atoms with Gasteiger partial charge in [-0.3, -0.25) is 9.78 Å². The van der Waals surface area contributed by atoms with E-state index in [1.807, 2.05) is 24.3 Å². The molecule has 0 radical (unpaired) electrons. The molecule has 1 amide bonds. The van der Waals surface area contributed by atoms with E-state index in [0.717, 1.165) is 11.3 Å². The summed E-state index contributed by atoms with van der Waals surface area (Å²) in [5.41, 5.74) is 1.02. The molecule has 1 aromatic heterocycles. The second-order valence-electron chi connectivity index (χ2n) is 5.02. The Kier molecular flexibility index (Phi) is 6.22. The Morgan fingerprint density at radius 3 is 2.73 bits per heavy atom. The number of carbonyl (C=O) groups is 1. The topological polar surface area (TPSA) is 42.4 Å². The molecule has 0 saturated carbocycles. The molecule has 0 N–H and O–H groups in total. The summed E-state index contributed by atoms with van der Waals surface area (Å²) in [5.74, 6) is 0.865. The lowest BCUT2D eigenvalue weighted by Crippen LogP contribution is -2.26. The van der Waals surface area contributed by atoms with Crippen LogP contribution in [0.4, 0.5) is 0 Å². The van der Waals surface area contributed by atoms with Crippen LogP contribution in [0.2, 0.25) is 5.02 Å². The molecule has 116 valence electrons. The van der Waals surface area contributed by atoms with Crippen LogP contribution in [0.15, 0.2) is 48.8 Å². The summed E-state index contributed by atoms with van der Waals surface area (Å²) in [6, 6.07) is 11.0. The summed E-state index contributed by atoms with van der Waals surface area (Å²) >= 11 is 5.81. The largest absolute Gasteiger partial charge is 0.494 e. The summed E-state index contributed by atoms with van der Waals surface area (Å²) in [5, 5.41) is 0.680. The van der Waals surface area contributed by atoms with Crippen molar-refractivity contribution in [3.05, 3.63) is 59.4 Å². The molecule has 0 aliphatic carbocycles. The predicted octanol–water partition coefficient (Wildman–Crippen LogP) is 3.55. The third-order valence-corrected chi connectivity index (χ3v) is 3.44. The Morgan fingerprint density at radius 1 is 1.27 bits per heavy atom. The molecule has 0 aliphatic heterocycles. The van der Waals surface area contributed by atoms with Gasteiger partial charge in [-0.05, 0) is 42.3 Å². The van der Waals surface area contributed by atoms with E-state index in [2.05, 4.69) is 4.98 Å². The average Bonchev–Trinajstić information content (AvgIpc) is 2.54. The first-order valence-corrected chi connectivity index (χ1v) is 7.54. The van der Waals surface area contributed by atoms with Crippen molar-refractivity contribution in [2.45, 2.75) is 19.4 Å². The molecule has 0 aliphatic rings. The van der Waals surface area contributed by atoms with Gasteiger partial charge in [-0.2, -0.15) is 0 Å². The minimum Gasteiger partial charge on any atom is -0.494 e. The van der Waals surface area contributed by atoms with Crippen molar-refractivity contribution in [1.29, 1.82) is 0 Å². The van der Waals surface area contributed by atoms with Gasteiger partial charge >= 0.3 is 0 Å². The number of hydrogen-bond donors (Lipinski definition) is 0. The van der Waals surface area contributed by atoms with Gasteiger partial charge < -0.3 is 9.64 Å². The maximum absolute atomic E-state index is 12.0. The predicted molar refractivity (Wildman–Crippen MR) is 86.9 cm³/mol. The number of nitrogens with zero attached hydrogens (tertiary/aromatic N) is 2. The molecule has 1 heterocycles. The summed E-state index contributed by atoms with van der Waals surface area (Å²) in [6.07, 6.45) is 4.63. The molecule has 2 rings (SSSR count). The minimum atomic E-state index is 0.101. The summed E-state index contributed by atoms with van der Waals surface area (Å²) in [7, 11) is 1.80. The molecule has 0 spiro atoms. The first kappa shape index (κ1) is 16.3. The van der Waals surface area contributed by atoms with Crippen molar-refractivity contribution in [2.24, 2.45) is 0 Å². The highest BCUT2D eigenvalue weighted by molar-refractivity contribution is 6.30. The zero-order valence-electron chi connectivity index (χ0n) is 12.5. The highest BCUT2D eigenvalue weighted by Gasteiger charge is 2.09. The van der Waals surface area contributed by atoms with Gasteiger partial charge in [-0.1, -0.05) is 17.7 Å². The quantitative estimate of drug-likeness (QED) is 0.733. The zero-order chi connectivity index (χ0) is 15.8. The molecule has 0 saturated heterocycles. The van der Waals surface area contributed by atoms with Crippen molar-refractivity contribution >= 4 is 17.5 Å². The Labute approximate surface area is 135 Å². The SMILES string of the molecule is CN(Cc1cccnc1)C(=O)CCCOc1ccc(Cl)cc1. The molecule has 0 unspecified atom stereocenters. The van der Waals surface area contributed by atoms with Crippen molar-refractivity contribution in [1.82, 2.24) is 9.88 Å². The van der Waals surface area contributed by atoms with Crippen LogP contribution >= 0.6 is 11.6 Å². The number of amides is 1. The van der Waals surface area contributed by atoms with Gasteiger partial charge in [-0.25, -0.2) is 0 Å². The number of pyridine rings is 1. The molecule has 22 heavy (non-hydrogen) atoms. The van der Waals surface area contributed by atoms with E-state index in [1.54, 1.807) is 36.5 Å². The van der Waals surface area contributed by atoms with Gasteiger partial charge in [0.25, 0.3) is 0 Å². The van der Waals surface area contributed by atoms with Crippen LogP contribution in [-0.2, 0) is 11.3 Å². The van der Waals surface area contributed by atoms with Crippen LogP contribution in [-0.4, -0.2) is 29.4 Å². The van der Waals surface area contributed by atoms with Gasteiger partial charge in [0.15, 0.2) is 0 Å². The number of benzene rings is 1. The van der Waals surface area contributed by atoms with Crippen molar-refractivity contribution < 1.29 is 9.53 Å². The van der Waals surface area contributed by atoms with E-state index < -0.39 is 0 Å². The number of aromatic nitrogens is 1. The normalized spacial score (nSPS) is 10.3. The van der Waals surface area contributed by atoms with E-state index in [4.69, 9.17) is 16.3 Å². The van der Waals surface area contributed by atoms with Crippen LogP contribution < -0.4 is 4.74 Å². The Morgan fingerprint density at radius 2 is 2.05 bits per heavy atom. The van der Waals surface area contributed by atoms with Crippen LogP contribution in [0.25, 0.3) is 0 Å². The molecular weight excluding hydrogens is 300 g/mol. The summed E-state index contributed by atoms with van der Waals surface area (Å²) in [4.78, 5) is 17.8. The number of ether oxygens (including phenoxy) is 1. The van der Waals surface area contributed by atoms with Gasteiger partial charge in [0.05, 0.1) is 6.61 Å². The van der Waals surface area contributed by atoms with Crippen molar-refractivity contribution in [2.75, 3.05) is 13.7 Å². The lowest BCUT2D eigenvalue weighted by Gasteiger charge is -2.17. The van der Waals surface area contributed by atoms with E-state index >= 15 is 0 Å². The number of halogens is 1. The van der Waals surface area contributed by atoms with E-state index in [9.17, 15) is 4.79 Å². The molecule has 0 bridgehead atoms. The molecule has 5 heteroatoms. The fourth-order valence-electron chi connectivity index (χ4n) is 1.99. The van der Waals surface area contributed by atoms with Crippen LogP contribution in [0.3, 0.4) is 0 Å². The van der Waals surface area contributed by atoms with Crippen molar-refractivity contribution in [3.63, 3.8) is 0 Å². The second-order valence-corrected chi connectivity index (χ2v) is 5.45. The van der Waals surface area contributed by atoms with Gasteiger partial charge in [0.1, 0.15) is 5.75 Å². The fraction of sp³-hybridized carbons (Fsp3) is 0.294. The smallest absolute Gasteiger partial charge is 0.222 e. The third kappa shape index (κ3) is 5.37. The van der Waals surface area contributed by atoms with Crippen LogP contribution in [0.5, 0.6) is 5.75 Å². The standard InChI is InChI=1S/C17H19ClN2O2/c1-20(13-14-4-2-10-19-12-14)17(21)5-3-11-22-16-8-6-15(18)7-9-16/h2,4,6-10,12H,3,5,11,13H2,1H3. The van der Waals surface area contributed by atoms with E-state index in [1.165, 1.54) is 0 Å². The maximum atomic E-state index is 12.0. The minimum absolute atomic E-state index is 0.101. The van der Waals surface area contributed by atoms with Gasteiger partial charge in [0, 0.05) is 37.4 Å². The van der Waals surface area contributed by atoms with E-state index in [0.29, 0.717) is 31.0 Å². The molecule has 0 fully saturated rings. The lowest BCUT2D eigenvalue weighted by molar-refractivity contribution is -0.130. The third-order valence-electron chi connectivity index (χ3n) is 3.19. The molecule has 1 aromatic carbocycles. The lowest BCUT2D eigenvalue weighted by atomic mass is 10.2. The van der Waals surface area contributed by atoms with Gasteiger partial charge in [0.2, 0.25) is 5.91 Å². The molecular formula is C17H19ClN2O2. The Bertz CT molecular complexity index is 587. The molecule has 0 atom stereocenters. The molecule has 4 nitrogen and oxygen atoms in total. The average molecular weight is 319 g/mol. The highest BCUT2D eigenvalue weighted by Crippen LogP contribution is 2.15. The first-order valence-electron chi connectivity index (χ1n) is 7.16. The zero-order valence-corrected chi connectivity index (χ0v) is 13.3. The summed E-state index contributed by atoms with van der Waals surface area (Å²) < 4.78 is 5.57. The maximum Gasteiger partial charge on any atom is 0.222 e. The van der Waals surface area contributed by atoms with Gasteiger partial charge in [-0.15, -0.1) is 0 Å². The monoisotopic (exact) mass is 318 g/mol. The van der Waals surface area contributed by atoms with E-state index in [-0.39, 0.29) is 5.91 Å². The van der Waals surface area contributed by atoms with Crippen LogP contribution in [0, 0.1) is 0 Å². The highest BCUT2D eigenvalue weighted by atomic mass is 35.5. The molecule has 2 aromatic rings. The number of hydrogen-bond acceptors (Lipinski definition) is 3. The number of rotatable bonds is 7. The Balaban J connectivity index is 1.67. The van der Waals surface area contributed by atoms with Crippen LogP contribution in [0.1, 0.15) is 18.4 Å².